The van der Waals surface area contributed by atoms with Gasteiger partial charge in [0.05, 0.1) is 12.2 Å². The van der Waals surface area contributed by atoms with Crippen molar-refractivity contribution >= 4 is 23.3 Å². The highest BCUT2D eigenvalue weighted by Crippen LogP contribution is 2.34. The van der Waals surface area contributed by atoms with Crippen LogP contribution < -0.4 is 4.90 Å². The lowest BCUT2D eigenvalue weighted by atomic mass is 10.1. The van der Waals surface area contributed by atoms with Crippen LogP contribution in [-0.2, 0) is 6.54 Å². The molecule has 0 saturated carbocycles. The summed E-state index contributed by atoms with van der Waals surface area (Å²) >= 11 is 1.72. The third kappa shape index (κ3) is 1.71. The van der Waals surface area contributed by atoms with Crippen molar-refractivity contribution in [2.75, 3.05) is 11.2 Å². The lowest BCUT2D eigenvalue weighted by molar-refractivity contribution is 1.03. The van der Waals surface area contributed by atoms with Crippen LogP contribution in [-0.4, -0.2) is 12.1 Å². The zero-order valence-corrected chi connectivity index (χ0v) is 11.0. The lowest BCUT2D eigenvalue weighted by Crippen LogP contribution is -2.23. The molecule has 1 aliphatic heterocycles. The molecule has 1 heterocycles. The third-order valence-corrected chi connectivity index (χ3v) is 4.03. The van der Waals surface area contributed by atoms with Gasteiger partial charge in [0, 0.05) is 10.5 Å². The molecule has 0 bridgehead atoms. The van der Waals surface area contributed by atoms with Crippen LogP contribution in [0, 0.1) is 5.41 Å². The van der Waals surface area contributed by atoms with Crippen molar-refractivity contribution in [3.63, 3.8) is 0 Å². The zero-order chi connectivity index (χ0) is 12.5. The Morgan fingerprint density at radius 1 is 1.06 bits per heavy atom. The van der Waals surface area contributed by atoms with E-state index in [1.165, 1.54) is 10.5 Å². The van der Waals surface area contributed by atoms with Gasteiger partial charge < -0.3 is 4.90 Å². The van der Waals surface area contributed by atoms with Gasteiger partial charge in [0.25, 0.3) is 0 Å². The average Bonchev–Trinajstić information content (AvgIpc) is 2.76. The molecule has 0 atom stereocenters. The molecule has 0 unspecified atom stereocenters. The Bertz CT molecular complexity index is 607. The predicted molar refractivity (Wildman–Crippen MR) is 77.7 cm³/mol. The van der Waals surface area contributed by atoms with Crippen LogP contribution in [0.3, 0.4) is 0 Å². The van der Waals surface area contributed by atoms with Crippen molar-refractivity contribution in [2.24, 2.45) is 0 Å². The molecule has 2 aromatic carbocycles. The van der Waals surface area contributed by atoms with Crippen LogP contribution in [0.5, 0.6) is 0 Å². The minimum Gasteiger partial charge on any atom is -0.321 e. The standard InChI is InChI=1S/C15H14N2S/c1-18-14-9-5-4-8-13(14)17-10-11-6-2-3-7-12(11)15(17)16/h2-9,16H,10H2,1H3. The van der Waals surface area contributed by atoms with Gasteiger partial charge in [0.1, 0.15) is 5.84 Å². The van der Waals surface area contributed by atoms with Gasteiger partial charge in [-0.3, -0.25) is 5.41 Å². The summed E-state index contributed by atoms with van der Waals surface area (Å²) in [5.41, 5.74) is 3.41. The highest BCUT2D eigenvalue weighted by molar-refractivity contribution is 7.98. The molecule has 18 heavy (non-hydrogen) atoms. The normalized spacial score (nSPS) is 13.8. The number of amidine groups is 1. The summed E-state index contributed by atoms with van der Waals surface area (Å²) in [7, 11) is 0. The number of anilines is 1. The molecule has 2 nitrogen and oxygen atoms in total. The Morgan fingerprint density at radius 2 is 1.78 bits per heavy atom. The number of hydrogen-bond acceptors (Lipinski definition) is 2. The number of fused-ring (bicyclic) bond motifs is 1. The predicted octanol–water partition coefficient (Wildman–Crippen LogP) is 3.75. The smallest absolute Gasteiger partial charge is 0.133 e. The Balaban J connectivity index is 2.04. The monoisotopic (exact) mass is 254 g/mol. The van der Waals surface area contributed by atoms with Crippen LogP contribution >= 0.6 is 11.8 Å². The third-order valence-electron chi connectivity index (χ3n) is 3.25. The molecule has 0 spiro atoms. The summed E-state index contributed by atoms with van der Waals surface area (Å²) < 4.78 is 0. The second-order valence-corrected chi connectivity index (χ2v) is 5.11. The summed E-state index contributed by atoms with van der Waals surface area (Å²) in [6.45, 7) is 0.798. The molecule has 1 N–H and O–H groups in total. The van der Waals surface area contributed by atoms with Crippen LogP contribution in [0.2, 0.25) is 0 Å². The first-order valence-electron chi connectivity index (χ1n) is 5.88. The summed E-state index contributed by atoms with van der Waals surface area (Å²) in [4.78, 5) is 3.30. The average molecular weight is 254 g/mol. The van der Waals surface area contributed by atoms with E-state index in [-0.39, 0.29) is 0 Å². The van der Waals surface area contributed by atoms with E-state index in [0.717, 1.165) is 17.8 Å². The van der Waals surface area contributed by atoms with Crippen molar-refractivity contribution in [3.05, 3.63) is 59.7 Å². The van der Waals surface area contributed by atoms with Gasteiger partial charge >= 0.3 is 0 Å². The van der Waals surface area contributed by atoms with E-state index < -0.39 is 0 Å². The molecule has 1 aliphatic rings. The summed E-state index contributed by atoms with van der Waals surface area (Å²) in [6, 6.07) is 16.4. The van der Waals surface area contributed by atoms with Crippen molar-refractivity contribution < 1.29 is 0 Å². The molecule has 0 radical (unpaired) electrons. The first-order valence-corrected chi connectivity index (χ1v) is 7.11. The minimum atomic E-state index is 0.604. The minimum absolute atomic E-state index is 0.604. The molecule has 0 fully saturated rings. The second kappa shape index (κ2) is 4.50. The maximum Gasteiger partial charge on any atom is 0.133 e. The molecule has 3 rings (SSSR count). The Hall–Kier alpha value is -1.74. The number of para-hydroxylation sites is 1. The van der Waals surface area contributed by atoms with E-state index in [1.807, 2.05) is 30.3 Å². The van der Waals surface area contributed by atoms with Crippen LogP contribution in [0.25, 0.3) is 0 Å². The number of nitrogens with zero attached hydrogens (tertiary/aromatic N) is 1. The van der Waals surface area contributed by atoms with E-state index >= 15 is 0 Å². The fourth-order valence-electron chi connectivity index (χ4n) is 2.34. The van der Waals surface area contributed by atoms with E-state index in [9.17, 15) is 0 Å². The molecular formula is C15H14N2S. The number of thioether (sulfide) groups is 1. The maximum atomic E-state index is 8.31. The van der Waals surface area contributed by atoms with Crippen molar-refractivity contribution in [1.29, 1.82) is 5.41 Å². The highest BCUT2D eigenvalue weighted by Gasteiger charge is 2.25. The molecule has 3 heteroatoms. The van der Waals surface area contributed by atoms with Gasteiger partial charge in [-0.25, -0.2) is 0 Å². The van der Waals surface area contributed by atoms with E-state index in [4.69, 9.17) is 5.41 Å². The molecule has 0 saturated heterocycles. The first kappa shape index (κ1) is 11.4. The topological polar surface area (TPSA) is 27.1 Å². The van der Waals surface area contributed by atoms with Gasteiger partial charge in [0.15, 0.2) is 0 Å². The number of hydrogen-bond donors (Lipinski definition) is 1. The van der Waals surface area contributed by atoms with Gasteiger partial charge in [0.2, 0.25) is 0 Å². The number of nitrogens with one attached hydrogen (secondary N) is 1. The fraction of sp³-hybridized carbons (Fsp3) is 0.133. The van der Waals surface area contributed by atoms with Gasteiger partial charge in [-0.05, 0) is 24.0 Å². The molecule has 90 valence electrons. The molecule has 0 amide bonds. The quantitative estimate of drug-likeness (QED) is 0.826. The lowest BCUT2D eigenvalue weighted by Gasteiger charge is -2.20. The molecule has 2 aromatic rings. The summed E-state index contributed by atoms with van der Waals surface area (Å²) in [6.07, 6.45) is 2.08. The highest BCUT2D eigenvalue weighted by atomic mass is 32.2. The Labute approximate surface area is 111 Å². The van der Waals surface area contributed by atoms with Crippen LogP contribution in [0.15, 0.2) is 53.4 Å². The van der Waals surface area contributed by atoms with Gasteiger partial charge in [-0.1, -0.05) is 36.4 Å². The second-order valence-electron chi connectivity index (χ2n) is 4.26. The van der Waals surface area contributed by atoms with E-state index in [1.54, 1.807) is 11.8 Å². The Morgan fingerprint density at radius 3 is 2.56 bits per heavy atom. The Kier molecular flexibility index (Phi) is 2.84. The van der Waals surface area contributed by atoms with Crippen LogP contribution in [0.4, 0.5) is 5.69 Å². The van der Waals surface area contributed by atoms with E-state index in [0.29, 0.717) is 5.84 Å². The van der Waals surface area contributed by atoms with Crippen molar-refractivity contribution in [1.82, 2.24) is 0 Å². The number of rotatable bonds is 2. The van der Waals surface area contributed by atoms with Crippen LogP contribution in [0.1, 0.15) is 11.1 Å². The first-order chi connectivity index (χ1) is 8.81. The zero-order valence-electron chi connectivity index (χ0n) is 10.2. The largest absolute Gasteiger partial charge is 0.321 e. The van der Waals surface area contributed by atoms with Gasteiger partial charge in [-0.2, -0.15) is 0 Å². The fourth-order valence-corrected chi connectivity index (χ4v) is 2.94. The molecule has 0 aromatic heterocycles. The summed E-state index contributed by atoms with van der Waals surface area (Å²) in [5.74, 6) is 0.604. The van der Waals surface area contributed by atoms with Crippen molar-refractivity contribution in [3.8, 4) is 0 Å². The van der Waals surface area contributed by atoms with Gasteiger partial charge in [-0.15, -0.1) is 11.8 Å². The maximum absolute atomic E-state index is 8.31. The number of benzene rings is 2. The summed E-state index contributed by atoms with van der Waals surface area (Å²) in [5, 5.41) is 8.31. The SMILES string of the molecule is CSc1ccccc1N1Cc2ccccc2C1=N. The van der Waals surface area contributed by atoms with Crippen molar-refractivity contribution in [2.45, 2.75) is 11.4 Å². The molecule has 0 aliphatic carbocycles. The molecular weight excluding hydrogens is 240 g/mol. The van der Waals surface area contributed by atoms with E-state index in [2.05, 4.69) is 29.4 Å².